The van der Waals surface area contributed by atoms with Crippen LogP contribution in [0.5, 0.6) is 0 Å². The standard InChI is InChI=1S/C18H25NSi/c1-5-20(6-2,7-3)18-11-9-8-10-16(18)17-14-15(4)12-13-19-17/h8-14H,5-7H2,1-4H3. The molecule has 0 aliphatic rings. The summed E-state index contributed by atoms with van der Waals surface area (Å²) in [6.07, 6.45) is 1.93. The highest BCUT2D eigenvalue weighted by molar-refractivity contribution is 6.92. The summed E-state index contributed by atoms with van der Waals surface area (Å²) in [6, 6.07) is 17.1. The van der Waals surface area contributed by atoms with Crippen molar-refractivity contribution in [3.8, 4) is 11.3 Å². The van der Waals surface area contributed by atoms with Crippen LogP contribution in [0.25, 0.3) is 11.3 Å². The highest BCUT2D eigenvalue weighted by Gasteiger charge is 2.31. The van der Waals surface area contributed by atoms with E-state index >= 15 is 0 Å². The van der Waals surface area contributed by atoms with Gasteiger partial charge in [-0.05, 0) is 30.2 Å². The summed E-state index contributed by atoms with van der Waals surface area (Å²) < 4.78 is 0. The van der Waals surface area contributed by atoms with Crippen LogP contribution in [0.3, 0.4) is 0 Å². The van der Waals surface area contributed by atoms with E-state index in [1.807, 2.05) is 6.20 Å². The lowest BCUT2D eigenvalue weighted by molar-refractivity contribution is 1.19. The molecule has 0 spiro atoms. The Labute approximate surface area is 124 Å². The summed E-state index contributed by atoms with van der Waals surface area (Å²) in [5, 5.41) is 1.59. The first-order valence-corrected chi connectivity index (χ1v) is 10.3. The molecule has 0 atom stereocenters. The molecule has 0 aliphatic carbocycles. The van der Waals surface area contributed by atoms with Crippen LogP contribution in [0, 0.1) is 6.92 Å². The molecule has 0 N–H and O–H groups in total. The van der Waals surface area contributed by atoms with Crippen LogP contribution in [0.2, 0.25) is 18.1 Å². The van der Waals surface area contributed by atoms with Crippen molar-refractivity contribution in [2.75, 3.05) is 0 Å². The number of aromatic nitrogens is 1. The van der Waals surface area contributed by atoms with Gasteiger partial charge < -0.3 is 0 Å². The molecule has 0 unspecified atom stereocenters. The normalized spacial score (nSPS) is 11.6. The van der Waals surface area contributed by atoms with Gasteiger partial charge in [0, 0.05) is 6.20 Å². The topological polar surface area (TPSA) is 12.9 Å². The third-order valence-corrected chi connectivity index (χ3v) is 10.4. The van der Waals surface area contributed by atoms with Crippen molar-refractivity contribution in [3.05, 3.63) is 48.2 Å². The Morgan fingerprint density at radius 3 is 2.20 bits per heavy atom. The molecule has 2 rings (SSSR count). The SMILES string of the molecule is CC[Si](CC)(CC)c1ccccc1-c1cc(C)ccn1. The lowest BCUT2D eigenvalue weighted by Gasteiger charge is -2.30. The Balaban J connectivity index is 2.61. The Bertz CT molecular complexity index is 565. The van der Waals surface area contributed by atoms with E-state index in [1.54, 1.807) is 5.19 Å². The molecule has 1 nitrogen and oxygen atoms in total. The van der Waals surface area contributed by atoms with Gasteiger partial charge in [-0.15, -0.1) is 0 Å². The van der Waals surface area contributed by atoms with E-state index in [4.69, 9.17) is 0 Å². The van der Waals surface area contributed by atoms with Crippen molar-refractivity contribution in [1.29, 1.82) is 0 Å². The minimum Gasteiger partial charge on any atom is -0.256 e. The Kier molecular flexibility index (Phi) is 4.76. The fourth-order valence-electron chi connectivity index (χ4n) is 3.17. The fourth-order valence-corrected chi connectivity index (χ4v) is 7.05. The van der Waals surface area contributed by atoms with Crippen molar-refractivity contribution < 1.29 is 0 Å². The first-order valence-electron chi connectivity index (χ1n) is 7.69. The average Bonchev–Trinajstić information content (AvgIpc) is 2.50. The molecule has 0 bridgehead atoms. The van der Waals surface area contributed by atoms with E-state index in [9.17, 15) is 0 Å². The van der Waals surface area contributed by atoms with E-state index < -0.39 is 8.07 Å². The summed E-state index contributed by atoms with van der Waals surface area (Å²) in [6.45, 7) is 9.22. The zero-order valence-electron chi connectivity index (χ0n) is 13.1. The number of nitrogens with zero attached hydrogens (tertiary/aromatic N) is 1. The maximum Gasteiger partial charge on any atom is 0.0868 e. The van der Waals surface area contributed by atoms with Gasteiger partial charge in [-0.3, -0.25) is 4.98 Å². The predicted octanol–water partition coefficient (Wildman–Crippen LogP) is 4.77. The van der Waals surface area contributed by atoms with Crippen LogP contribution in [0.1, 0.15) is 26.3 Å². The van der Waals surface area contributed by atoms with Gasteiger partial charge in [-0.25, -0.2) is 0 Å². The number of hydrogen-bond acceptors (Lipinski definition) is 1. The molecule has 0 amide bonds. The minimum atomic E-state index is -1.38. The summed E-state index contributed by atoms with van der Waals surface area (Å²) in [5.74, 6) is 0. The van der Waals surface area contributed by atoms with E-state index in [-0.39, 0.29) is 0 Å². The van der Waals surface area contributed by atoms with E-state index in [2.05, 4.69) is 69.1 Å². The molecule has 2 aromatic rings. The summed E-state index contributed by atoms with van der Waals surface area (Å²) >= 11 is 0. The van der Waals surface area contributed by atoms with Gasteiger partial charge in [0.1, 0.15) is 0 Å². The van der Waals surface area contributed by atoms with Crippen LogP contribution in [-0.4, -0.2) is 13.1 Å². The van der Waals surface area contributed by atoms with Gasteiger partial charge >= 0.3 is 0 Å². The summed E-state index contributed by atoms with van der Waals surface area (Å²) in [4.78, 5) is 4.61. The van der Waals surface area contributed by atoms with Crippen LogP contribution in [-0.2, 0) is 0 Å². The summed E-state index contributed by atoms with van der Waals surface area (Å²) in [7, 11) is -1.38. The zero-order chi connectivity index (χ0) is 14.6. The molecule has 0 saturated heterocycles. The molecule has 1 aromatic heterocycles. The molecule has 106 valence electrons. The van der Waals surface area contributed by atoms with Crippen LogP contribution < -0.4 is 5.19 Å². The second-order valence-electron chi connectivity index (χ2n) is 5.61. The second-order valence-corrected chi connectivity index (χ2v) is 10.8. The monoisotopic (exact) mass is 283 g/mol. The van der Waals surface area contributed by atoms with Crippen LogP contribution in [0.4, 0.5) is 0 Å². The van der Waals surface area contributed by atoms with Crippen molar-refractivity contribution in [3.63, 3.8) is 0 Å². The maximum absolute atomic E-state index is 4.61. The van der Waals surface area contributed by atoms with Gasteiger partial charge in [0.05, 0.1) is 13.8 Å². The Hall–Kier alpha value is -1.41. The quantitative estimate of drug-likeness (QED) is 0.720. The first-order chi connectivity index (χ1) is 9.66. The Morgan fingerprint density at radius 1 is 0.950 bits per heavy atom. The van der Waals surface area contributed by atoms with Gasteiger partial charge in [-0.2, -0.15) is 0 Å². The van der Waals surface area contributed by atoms with E-state index in [0.29, 0.717) is 0 Å². The number of aryl methyl sites for hydroxylation is 1. The number of hydrogen-bond donors (Lipinski definition) is 0. The molecule has 0 fully saturated rings. The number of rotatable bonds is 5. The maximum atomic E-state index is 4.61. The zero-order valence-corrected chi connectivity index (χ0v) is 14.1. The van der Waals surface area contributed by atoms with Crippen molar-refractivity contribution in [2.45, 2.75) is 45.8 Å². The summed E-state index contributed by atoms with van der Waals surface area (Å²) in [5.41, 5.74) is 3.77. The molecular weight excluding hydrogens is 258 g/mol. The van der Waals surface area contributed by atoms with Crippen molar-refractivity contribution in [1.82, 2.24) is 4.98 Å². The fraction of sp³-hybridized carbons (Fsp3) is 0.389. The van der Waals surface area contributed by atoms with Crippen molar-refractivity contribution in [2.24, 2.45) is 0 Å². The van der Waals surface area contributed by atoms with Crippen LogP contribution >= 0.6 is 0 Å². The molecule has 1 aromatic carbocycles. The smallest absolute Gasteiger partial charge is 0.0868 e. The molecule has 20 heavy (non-hydrogen) atoms. The molecule has 2 heteroatoms. The van der Waals surface area contributed by atoms with Gasteiger partial charge in [0.25, 0.3) is 0 Å². The van der Waals surface area contributed by atoms with E-state index in [0.717, 1.165) is 5.69 Å². The molecule has 0 saturated carbocycles. The lowest BCUT2D eigenvalue weighted by atomic mass is 10.1. The molecule has 0 radical (unpaired) electrons. The highest BCUT2D eigenvalue weighted by atomic mass is 28.3. The van der Waals surface area contributed by atoms with Gasteiger partial charge in [0.15, 0.2) is 0 Å². The number of pyridine rings is 1. The third-order valence-electron chi connectivity index (χ3n) is 4.72. The average molecular weight is 283 g/mol. The minimum absolute atomic E-state index is 1.13. The van der Waals surface area contributed by atoms with E-state index in [1.165, 1.54) is 29.3 Å². The third kappa shape index (κ3) is 2.71. The highest BCUT2D eigenvalue weighted by Crippen LogP contribution is 2.26. The molecule has 1 heterocycles. The Morgan fingerprint density at radius 2 is 1.60 bits per heavy atom. The van der Waals surface area contributed by atoms with Gasteiger partial charge in [0.2, 0.25) is 0 Å². The molecular formula is C18H25NSi. The second kappa shape index (κ2) is 6.36. The lowest BCUT2D eigenvalue weighted by Crippen LogP contribution is -2.46. The van der Waals surface area contributed by atoms with Crippen LogP contribution in [0.15, 0.2) is 42.6 Å². The molecule has 0 aliphatic heterocycles. The van der Waals surface area contributed by atoms with Gasteiger partial charge in [-0.1, -0.05) is 68.4 Å². The number of benzene rings is 1. The largest absolute Gasteiger partial charge is 0.256 e. The predicted molar refractivity (Wildman–Crippen MR) is 91.2 cm³/mol. The first kappa shape index (κ1) is 15.0. The van der Waals surface area contributed by atoms with Crippen molar-refractivity contribution >= 4 is 13.3 Å².